The maximum absolute atomic E-state index is 12.0. The van der Waals surface area contributed by atoms with Crippen LogP contribution in [-0.2, 0) is 11.2 Å². The molecule has 2 aromatic rings. The molecule has 1 aromatic carbocycles. The van der Waals surface area contributed by atoms with E-state index < -0.39 is 0 Å². The van der Waals surface area contributed by atoms with Gasteiger partial charge in [-0.05, 0) is 23.8 Å². The lowest BCUT2D eigenvalue weighted by atomic mass is 10.2. The van der Waals surface area contributed by atoms with Crippen molar-refractivity contribution in [1.82, 2.24) is 10.3 Å². The first-order valence-electron chi connectivity index (χ1n) is 6.83. The van der Waals surface area contributed by atoms with Crippen LogP contribution < -0.4 is 10.2 Å². The minimum Gasteiger partial charge on any atom is -0.349 e. The summed E-state index contributed by atoms with van der Waals surface area (Å²) >= 11 is 0. The van der Waals surface area contributed by atoms with E-state index in [2.05, 4.69) is 10.3 Å². The van der Waals surface area contributed by atoms with Crippen molar-refractivity contribution in [2.45, 2.75) is 6.42 Å². The van der Waals surface area contributed by atoms with Gasteiger partial charge < -0.3 is 10.2 Å². The van der Waals surface area contributed by atoms with Crippen LogP contribution >= 0.6 is 0 Å². The summed E-state index contributed by atoms with van der Waals surface area (Å²) in [5.74, 6) is -0.154. The van der Waals surface area contributed by atoms with E-state index in [1.807, 2.05) is 24.3 Å². The predicted molar refractivity (Wildman–Crippen MR) is 79.1 cm³/mol. The van der Waals surface area contributed by atoms with Gasteiger partial charge in [0.15, 0.2) is 0 Å². The van der Waals surface area contributed by atoms with Crippen molar-refractivity contribution in [3.05, 3.63) is 59.9 Å². The van der Waals surface area contributed by atoms with Crippen molar-refractivity contribution in [2.24, 2.45) is 0 Å². The Kier molecular flexibility index (Phi) is 3.64. The number of fused-ring (bicyclic) bond motifs is 1. The monoisotopic (exact) mass is 281 g/mol. The maximum atomic E-state index is 12.0. The van der Waals surface area contributed by atoms with Crippen LogP contribution in [0.3, 0.4) is 0 Å². The fraction of sp³-hybridized carbons (Fsp3) is 0.188. The number of hydrogen-bond donors (Lipinski definition) is 1. The molecule has 3 rings (SSSR count). The zero-order valence-electron chi connectivity index (χ0n) is 11.5. The van der Waals surface area contributed by atoms with Crippen molar-refractivity contribution < 1.29 is 9.59 Å². The molecule has 2 heterocycles. The van der Waals surface area contributed by atoms with Crippen LogP contribution in [0.15, 0.2) is 48.7 Å². The summed E-state index contributed by atoms with van der Waals surface area (Å²) in [5, 5.41) is 2.78. The molecule has 1 aliphatic heterocycles. The Morgan fingerprint density at radius 1 is 1.19 bits per heavy atom. The molecule has 0 unspecified atom stereocenters. The Labute approximate surface area is 122 Å². The highest BCUT2D eigenvalue weighted by molar-refractivity contribution is 6.01. The number of nitrogens with zero attached hydrogens (tertiary/aromatic N) is 2. The van der Waals surface area contributed by atoms with E-state index in [0.29, 0.717) is 25.2 Å². The molecule has 5 heteroatoms. The van der Waals surface area contributed by atoms with Gasteiger partial charge in [0, 0.05) is 25.0 Å². The zero-order chi connectivity index (χ0) is 14.7. The van der Waals surface area contributed by atoms with E-state index in [4.69, 9.17) is 0 Å². The number of nitrogens with one attached hydrogen (secondary N) is 1. The number of aromatic nitrogens is 1. The lowest BCUT2D eigenvalue weighted by molar-refractivity contribution is -0.117. The number of benzene rings is 1. The van der Waals surface area contributed by atoms with E-state index in [0.717, 1.165) is 11.3 Å². The molecule has 0 saturated heterocycles. The van der Waals surface area contributed by atoms with Gasteiger partial charge in [-0.25, -0.2) is 0 Å². The van der Waals surface area contributed by atoms with Gasteiger partial charge in [0.2, 0.25) is 5.91 Å². The number of carbonyl (C=O) groups is 2. The van der Waals surface area contributed by atoms with Crippen LogP contribution in [0.5, 0.6) is 0 Å². The van der Waals surface area contributed by atoms with Gasteiger partial charge in [0.1, 0.15) is 5.69 Å². The van der Waals surface area contributed by atoms with Crippen LogP contribution in [-0.4, -0.2) is 29.9 Å². The molecular weight excluding hydrogens is 266 g/mol. The number of pyridine rings is 1. The Morgan fingerprint density at radius 2 is 2.00 bits per heavy atom. The smallest absolute Gasteiger partial charge is 0.269 e. The minimum atomic E-state index is -0.226. The molecule has 1 aromatic heterocycles. The average molecular weight is 281 g/mol. The van der Waals surface area contributed by atoms with Crippen molar-refractivity contribution in [2.75, 3.05) is 18.0 Å². The van der Waals surface area contributed by atoms with E-state index in [9.17, 15) is 9.59 Å². The molecular formula is C16H15N3O2. The average Bonchev–Trinajstić information content (AvgIpc) is 2.84. The second kappa shape index (κ2) is 5.75. The number of anilines is 1. The molecule has 21 heavy (non-hydrogen) atoms. The minimum absolute atomic E-state index is 0.0725. The SMILES string of the molecule is O=C(NCCN1C(=O)Cc2ccccc21)c1ccccn1. The van der Waals surface area contributed by atoms with Crippen molar-refractivity contribution >= 4 is 17.5 Å². The van der Waals surface area contributed by atoms with Gasteiger partial charge in [-0.15, -0.1) is 0 Å². The molecule has 5 nitrogen and oxygen atoms in total. The largest absolute Gasteiger partial charge is 0.349 e. The molecule has 1 N–H and O–H groups in total. The highest BCUT2D eigenvalue weighted by Gasteiger charge is 2.26. The summed E-state index contributed by atoms with van der Waals surface area (Å²) in [4.78, 5) is 29.6. The third-order valence-corrected chi connectivity index (χ3v) is 3.44. The van der Waals surface area contributed by atoms with Crippen LogP contribution in [0.4, 0.5) is 5.69 Å². The van der Waals surface area contributed by atoms with Crippen LogP contribution in [0, 0.1) is 0 Å². The van der Waals surface area contributed by atoms with Crippen LogP contribution in [0.25, 0.3) is 0 Å². The van der Waals surface area contributed by atoms with Crippen LogP contribution in [0.1, 0.15) is 16.1 Å². The number of rotatable bonds is 4. The Bertz CT molecular complexity index is 670. The van der Waals surface area contributed by atoms with E-state index in [1.54, 1.807) is 29.3 Å². The summed E-state index contributed by atoms with van der Waals surface area (Å²) in [6.45, 7) is 0.865. The second-order valence-electron chi connectivity index (χ2n) is 4.82. The second-order valence-corrected chi connectivity index (χ2v) is 4.82. The summed E-state index contributed by atoms with van der Waals surface area (Å²) in [7, 11) is 0. The Balaban J connectivity index is 1.59. The fourth-order valence-corrected chi connectivity index (χ4v) is 2.43. The number of hydrogen-bond acceptors (Lipinski definition) is 3. The molecule has 2 amide bonds. The Morgan fingerprint density at radius 3 is 2.81 bits per heavy atom. The lowest BCUT2D eigenvalue weighted by Gasteiger charge is -2.17. The van der Waals surface area contributed by atoms with E-state index in [1.165, 1.54) is 0 Å². The molecule has 106 valence electrons. The molecule has 0 aliphatic carbocycles. The van der Waals surface area contributed by atoms with Gasteiger partial charge in [-0.1, -0.05) is 24.3 Å². The summed E-state index contributed by atoms with van der Waals surface area (Å²) < 4.78 is 0. The zero-order valence-corrected chi connectivity index (χ0v) is 11.5. The van der Waals surface area contributed by atoms with Crippen molar-refractivity contribution in [1.29, 1.82) is 0 Å². The highest BCUT2D eigenvalue weighted by atomic mass is 16.2. The molecule has 0 spiro atoms. The standard InChI is InChI=1S/C16H15N3O2/c20-15-11-12-5-1-2-7-14(12)19(15)10-9-18-16(21)13-6-3-4-8-17-13/h1-8H,9-11H2,(H,18,21). The van der Waals surface area contributed by atoms with Gasteiger partial charge in [0.25, 0.3) is 5.91 Å². The Hall–Kier alpha value is -2.69. The normalized spacial score (nSPS) is 13.1. The van der Waals surface area contributed by atoms with Crippen LogP contribution in [0.2, 0.25) is 0 Å². The quantitative estimate of drug-likeness (QED) is 0.921. The molecule has 0 fully saturated rings. The van der Waals surface area contributed by atoms with E-state index >= 15 is 0 Å². The summed E-state index contributed by atoms with van der Waals surface area (Å²) in [6.07, 6.45) is 2.01. The number of para-hydroxylation sites is 1. The number of carbonyl (C=O) groups excluding carboxylic acids is 2. The third kappa shape index (κ3) is 2.76. The molecule has 0 atom stereocenters. The first-order valence-corrected chi connectivity index (χ1v) is 6.83. The van der Waals surface area contributed by atoms with Gasteiger partial charge in [-0.3, -0.25) is 14.6 Å². The molecule has 0 radical (unpaired) electrons. The molecule has 0 saturated carbocycles. The molecule has 0 bridgehead atoms. The topological polar surface area (TPSA) is 62.3 Å². The van der Waals surface area contributed by atoms with Gasteiger partial charge in [-0.2, -0.15) is 0 Å². The van der Waals surface area contributed by atoms with E-state index in [-0.39, 0.29) is 11.8 Å². The predicted octanol–water partition coefficient (Wildman–Crippen LogP) is 1.40. The molecule has 1 aliphatic rings. The fourth-order valence-electron chi connectivity index (χ4n) is 2.43. The highest BCUT2D eigenvalue weighted by Crippen LogP contribution is 2.27. The summed E-state index contributed by atoms with van der Waals surface area (Å²) in [6, 6.07) is 12.9. The first kappa shape index (κ1) is 13.3. The van der Waals surface area contributed by atoms with Crippen molar-refractivity contribution in [3.8, 4) is 0 Å². The third-order valence-electron chi connectivity index (χ3n) is 3.44. The van der Waals surface area contributed by atoms with Gasteiger partial charge >= 0.3 is 0 Å². The van der Waals surface area contributed by atoms with Crippen molar-refractivity contribution in [3.63, 3.8) is 0 Å². The summed E-state index contributed by atoms with van der Waals surface area (Å²) in [5.41, 5.74) is 2.36. The lowest BCUT2D eigenvalue weighted by Crippen LogP contribution is -2.36. The number of amides is 2. The first-order chi connectivity index (χ1) is 10.3. The van der Waals surface area contributed by atoms with Gasteiger partial charge in [0.05, 0.1) is 6.42 Å². The maximum Gasteiger partial charge on any atom is 0.269 e.